The van der Waals surface area contributed by atoms with Crippen molar-refractivity contribution in [1.82, 2.24) is 10.6 Å². The van der Waals surface area contributed by atoms with Gasteiger partial charge in [0.1, 0.15) is 5.75 Å². The van der Waals surface area contributed by atoms with Gasteiger partial charge in [-0.05, 0) is 37.3 Å². The average molecular weight is 385 g/mol. The molecule has 2 rings (SSSR count). The van der Waals surface area contributed by atoms with Crippen molar-refractivity contribution in [3.05, 3.63) is 40.1 Å². The van der Waals surface area contributed by atoms with E-state index >= 15 is 0 Å². The molecular weight excluding hydrogens is 368 g/mol. The number of carbonyl (C=O) groups excluding carboxylic acids is 2. The van der Waals surface area contributed by atoms with Crippen molar-refractivity contribution in [2.45, 2.75) is 13.0 Å². The van der Waals surface area contributed by atoms with Crippen molar-refractivity contribution in [1.29, 1.82) is 0 Å². The molecule has 0 bridgehead atoms. The SMILES string of the molecule is COC(=O)COc1ccc(Cl)cc1C1NC(=S)NC(C)=C1C(=O)OC. The Bertz CT molecular complexity index is 750. The molecule has 1 unspecified atom stereocenters. The molecule has 1 aromatic rings. The molecule has 1 heterocycles. The van der Waals surface area contributed by atoms with Gasteiger partial charge in [0.2, 0.25) is 0 Å². The van der Waals surface area contributed by atoms with Gasteiger partial charge < -0.3 is 24.8 Å². The lowest BCUT2D eigenvalue weighted by molar-refractivity contribution is -0.143. The van der Waals surface area contributed by atoms with E-state index in [1.807, 2.05) is 0 Å². The van der Waals surface area contributed by atoms with Crippen molar-refractivity contribution in [3.8, 4) is 5.75 Å². The zero-order valence-corrected chi connectivity index (χ0v) is 15.4. The normalized spacial score (nSPS) is 16.6. The molecule has 1 aliphatic rings. The van der Waals surface area contributed by atoms with Gasteiger partial charge in [0.25, 0.3) is 0 Å². The van der Waals surface area contributed by atoms with Gasteiger partial charge in [0.15, 0.2) is 11.7 Å². The molecule has 0 amide bonds. The molecule has 0 aromatic heterocycles. The summed E-state index contributed by atoms with van der Waals surface area (Å²) in [5.74, 6) is -0.690. The Morgan fingerprint density at radius 1 is 1.28 bits per heavy atom. The van der Waals surface area contributed by atoms with Crippen LogP contribution in [0.1, 0.15) is 18.5 Å². The summed E-state index contributed by atoms with van der Waals surface area (Å²) < 4.78 is 15.0. The molecule has 0 radical (unpaired) electrons. The first-order valence-corrected chi connectivity index (χ1v) is 8.01. The van der Waals surface area contributed by atoms with Crippen molar-refractivity contribution >= 4 is 40.9 Å². The standard InChI is InChI=1S/C16H17ClN2O5S/c1-8-13(15(21)23-3)14(19-16(25)18-8)10-6-9(17)4-5-11(10)24-7-12(20)22-2/h4-6,14H,7H2,1-3H3,(H2,18,19,25). The number of esters is 2. The van der Waals surface area contributed by atoms with E-state index in [2.05, 4.69) is 15.4 Å². The van der Waals surface area contributed by atoms with Crippen LogP contribution in [0, 0.1) is 0 Å². The smallest absolute Gasteiger partial charge is 0.343 e. The molecule has 1 aromatic carbocycles. The van der Waals surface area contributed by atoms with Gasteiger partial charge in [0, 0.05) is 16.3 Å². The lowest BCUT2D eigenvalue weighted by atomic mass is 9.95. The first kappa shape index (κ1) is 19.0. The number of benzene rings is 1. The molecule has 0 saturated heterocycles. The summed E-state index contributed by atoms with van der Waals surface area (Å²) in [6.45, 7) is 1.43. The van der Waals surface area contributed by atoms with Gasteiger partial charge in [-0.3, -0.25) is 0 Å². The highest BCUT2D eigenvalue weighted by Crippen LogP contribution is 2.35. The first-order chi connectivity index (χ1) is 11.9. The number of hydrogen-bond acceptors (Lipinski definition) is 6. The van der Waals surface area contributed by atoms with E-state index in [9.17, 15) is 9.59 Å². The van der Waals surface area contributed by atoms with E-state index in [4.69, 9.17) is 33.3 Å². The maximum Gasteiger partial charge on any atom is 0.343 e. The van der Waals surface area contributed by atoms with Crippen LogP contribution in [0.2, 0.25) is 5.02 Å². The topological polar surface area (TPSA) is 85.9 Å². The third-order valence-electron chi connectivity index (χ3n) is 3.53. The van der Waals surface area contributed by atoms with Gasteiger partial charge in [-0.2, -0.15) is 0 Å². The van der Waals surface area contributed by atoms with Gasteiger partial charge in [-0.1, -0.05) is 11.6 Å². The zero-order chi connectivity index (χ0) is 18.6. The van der Waals surface area contributed by atoms with Crippen molar-refractivity contribution in [3.63, 3.8) is 0 Å². The first-order valence-electron chi connectivity index (χ1n) is 7.23. The maximum atomic E-state index is 12.2. The number of ether oxygens (including phenoxy) is 3. The van der Waals surface area contributed by atoms with Gasteiger partial charge >= 0.3 is 11.9 Å². The van der Waals surface area contributed by atoms with E-state index in [1.165, 1.54) is 14.2 Å². The van der Waals surface area contributed by atoms with Crippen molar-refractivity contribution < 1.29 is 23.8 Å². The zero-order valence-electron chi connectivity index (χ0n) is 13.8. The Hall–Kier alpha value is -2.32. The van der Waals surface area contributed by atoms with E-state index in [1.54, 1.807) is 25.1 Å². The van der Waals surface area contributed by atoms with Crippen LogP contribution in [0.3, 0.4) is 0 Å². The van der Waals surface area contributed by atoms with Crippen LogP contribution in [0.25, 0.3) is 0 Å². The summed E-state index contributed by atoms with van der Waals surface area (Å²) in [6.07, 6.45) is 0. The van der Waals surface area contributed by atoms with E-state index in [-0.39, 0.29) is 6.61 Å². The molecule has 25 heavy (non-hydrogen) atoms. The minimum absolute atomic E-state index is 0.281. The highest BCUT2D eigenvalue weighted by atomic mass is 35.5. The average Bonchev–Trinajstić information content (AvgIpc) is 2.58. The summed E-state index contributed by atoms with van der Waals surface area (Å²) in [6, 6.07) is 4.21. The number of nitrogens with one attached hydrogen (secondary N) is 2. The Balaban J connectivity index is 2.48. The summed E-state index contributed by atoms with van der Waals surface area (Å²) in [5, 5.41) is 6.67. The number of thiocarbonyl (C=S) groups is 1. The Kier molecular flexibility index (Phi) is 6.22. The van der Waals surface area contributed by atoms with Crippen LogP contribution in [-0.4, -0.2) is 37.9 Å². The van der Waals surface area contributed by atoms with Crippen molar-refractivity contribution in [2.24, 2.45) is 0 Å². The van der Waals surface area contributed by atoms with E-state index < -0.39 is 18.0 Å². The van der Waals surface area contributed by atoms with E-state index in [0.717, 1.165) is 0 Å². The lowest BCUT2D eigenvalue weighted by Gasteiger charge is -2.30. The predicted octanol–water partition coefficient (Wildman–Crippen LogP) is 1.86. The highest BCUT2D eigenvalue weighted by Gasteiger charge is 2.32. The van der Waals surface area contributed by atoms with Crippen molar-refractivity contribution in [2.75, 3.05) is 20.8 Å². The van der Waals surface area contributed by atoms with Gasteiger partial charge in [-0.15, -0.1) is 0 Å². The lowest BCUT2D eigenvalue weighted by Crippen LogP contribution is -2.45. The molecule has 0 spiro atoms. The molecule has 0 fully saturated rings. The molecule has 2 N–H and O–H groups in total. The maximum absolute atomic E-state index is 12.2. The monoisotopic (exact) mass is 384 g/mol. The quantitative estimate of drug-likeness (QED) is 0.587. The number of carbonyl (C=O) groups is 2. The minimum atomic E-state index is -0.646. The number of halogens is 1. The Morgan fingerprint density at radius 2 is 2.00 bits per heavy atom. The summed E-state index contributed by atoms with van der Waals surface area (Å²) in [4.78, 5) is 23.6. The molecule has 9 heteroatoms. The van der Waals surface area contributed by atoms with Crippen LogP contribution in [0.15, 0.2) is 29.5 Å². The summed E-state index contributed by atoms with van der Waals surface area (Å²) >= 11 is 11.3. The third kappa shape index (κ3) is 4.40. The Labute approximate surface area is 155 Å². The third-order valence-corrected chi connectivity index (χ3v) is 3.99. The number of hydrogen-bond donors (Lipinski definition) is 2. The molecule has 1 aliphatic heterocycles. The van der Waals surface area contributed by atoms with Crippen LogP contribution in [0.5, 0.6) is 5.75 Å². The second-order valence-electron chi connectivity index (χ2n) is 5.11. The van der Waals surface area contributed by atoms with Crippen LogP contribution >= 0.6 is 23.8 Å². The van der Waals surface area contributed by atoms with Gasteiger partial charge in [0.05, 0.1) is 25.8 Å². The molecule has 134 valence electrons. The molecule has 0 aliphatic carbocycles. The summed E-state index contributed by atoms with van der Waals surface area (Å²) in [5.41, 5.74) is 1.43. The second kappa shape index (κ2) is 8.17. The highest BCUT2D eigenvalue weighted by molar-refractivity contribution is 7.80. The molecule has 0 saturated carbocycles. The molecular formula is C16H17ClN2O5S. The van der Waals surface area contributed by atoms with E-state index in [0.29, 0.717) is 32.7 Å². The Morgan fingerprint density at radius 3 is 2.64 bits per heavy atom. The number of rotatable bonds is 5. The van der Waals surface area contributed by atoms with Gasteiger partial charge in [-0.25, -0.2) is 9.59 Å². The van der Waals surface area contributed by atoms with Crippen LogP contribution < -0.4 is 15.4 Å². The minimum Gasteiger partial charge on any atom is -0.482 e. The van der Waals surface area contributed by atoms with Crippen LogP contribution in [0.4, 0.5) is 0 Å². The largest absolute Gasteiger partial charge is 0.482 e. The number of methoxy groups -OCH3 is 2. The summed E-state index contributed by atoms with van der Waals surface area (Å²) in [7, 11) is 2.56. The van der Waals surface area contributed by atoms with Crippen LogP contribution in [-0.2, 0) is 19.1 Å². The number of allylic oxidation sites excluding steroid dienone is 1. The molecule has 7 nitrogen and oxygen atoms in total. The second-order valence-corrected chi connectivity index (χ2v) is 5.95. The fourth-order valence-electron chi connectivity index (χ4n) is 2.38. The molecule has 1 atom stereocenters. The fraction of sp³-hybridized carbons (Fsp3) is 0.312. The fourth-order valence-corrected chi connectivity index (χ4v) is 2.83. The predicted molar refractivity (Wildman–Crippen MR) is 95.3 cm³/mol.